The van der Waals surface area contributed by atoms with Gasteiger partial charge in [0.1, 0.15) is 0 Å². The van der Waals surface area contributed by atoms with E-state index in [1.54, 1.807) is 0 Å². The Morgan fingerprint density at radius 1 is 0.900 bits per heavy atom. The lowest BCUT2D eigenvalue weighted by Gasteiger charge is -2.05. The third-order valence-corrected chi connectivity index (χ3v) is 3.56. The van der Waals surface area contributed by atoms with E-state index in [0.717, 1.165) is 32.5 Å². The van der Waals surface area contributed by atoms with E-state index in [0.29, 0.717) is 6.61 Å². The van der Waals surface area contributed by atoms with Gasteiger partial charge in [0.25, 0.3) is 0 Å². The smallest absolute Gasteiger partial charge is 0.0466 e. The summed E-state index contributed by atoms with van der Waals surface area (Å²) in [6.07, 6.45) is 5.57. The first-order valence-electron chi connectivity index (χ1n) is 7.57. The second-order valence-electron chi connectivity index (χ2n) is 5.14. The van der Waals surface area contributed by atoms with Gasteiger partial charge in [0.05, 0.1) is 0 Å². The molecule has 0 radical (unpaired) electrons. The summed E-state index contributed by atoms with van der Waals surface area (Å²) >= 11 is 0. The van der Waals surface area contributed by atoms with Gasteiger partial charge in [0, 0.05) is 19.8 Å². The summed E-state index contributed by atoms with van der Waals surface area (Å²) in [5.74, 6) is 0. The van der Waals surface area contributed by atoms with Crippen LogP contribution in [-0.4, -0.2) is 24.9 Å². The van der Waals surface area contributed by atoms with Crippen LogP contribution in [0, 0.1) is 0 Å². The van der Waals surface area contributed by atoms with Gasteiger partial charge in [-0.15, -0.1) is 0 Å². The van der Waals surface area contributed by atoms with Crippen LogP contribution >= 0.6 is 0 Å². The number of benzene rings is 2. The second kappa shape index (κ2) is 8.72. The number of fused-ring (bicyclic) bond motifs is 1. The second-order valence-corrected chi connectivity index (χ2v) is 5.14. The van der Waals surface area contributed by atoms with Crippen molar-refractivity contribution in [2.75, 3.05) is 19.8 Å². The minimum Gasteiger partial charge on any atom is -0.396 e. The number of hydrogen-bond acceptors (Lipinski definition) is 2. The summed E-state index contributed by atoms with van der Waals surface area (Å²) in [6, 6.07) is 14.9. The largest absolute Gasteiger partial charge is 0.396 e. The molecular formula is C18H24O2. The van der Waals surface area contributed by atoms with E-state index >= 15 is 0 Å². The Balaban J connectivity index is 0.000000247. The molecule has 1 N–H and O–H groups in total. The van der Waals surface area contributed by atoms with E-state index in [4.69, 9.17) is 9.84 Å². The maximum Gasteiger partial charge on any atom is 0.0466 e. The minimum absolute atomic E-state index is 0.296. The fourth-order valence-corrected chi connectivity index (χ4v) is 2.45. The molecule has 0 aromatic heterocycles. The molecule has 0 amide bonds. The van der Waals surface area contributed by atoms with Crippen LogP contribution < -0.4 is 0 Å². The fraction of sp³-hybridized carbons (Fsp3) is 0.444. The number of rotatable bonds is 4. The van der Waals surface area contributed by atoms with Crippen molar-refractivity contribution in [3.05, 3.63) is 48.0 Å². The lowest BCUT2D eigenvalue weighted by Crippen LogP contribution is -1.89. The van der Waals surface area contributed by atoms with Crippen molar-refractivity contribution in [3.63, 3.8) is 0 Å². The van der Waals surface area contributed by atoms with E-state index in [1.807, 2.05) is 0 Å². The van der Waals surface area contributed by atoms with Crippen LogP contribution in [0.4, 0.5) is 0 Å². The van der Waals surface area contributed by atoms with Gasteiger partial charge in [-0.25, -0.2) is 0 Å². The zero-order valence-corrected chi connectivity index (χ0v) is 12.1. The summed E-state index contributed by atoms with van der Waals surface area (Å²) in [5.41, 5.74) is 1.39. The van der Waals surface area contributed by atoms with E-state index in [9.17, 15) is 0 Å². The predicted molar refractivity (Wildman–Crippen MR) is 84.0 cm³/mol. The lowest BCUT2D eigenvalue weighted by atomic mass is 10.0. The van der Waals surface area contributed by atoms with Crippen molar-refractivity contribution < 1.29 is 9.84 Å². The third kappa shape index (κ3) is 4.62. The van der Waals surface area contributed by atoms with Crippen molar-refractivity contribution in [2.45, 2.75) is 32.1 Å². The highest BCUT2D eigenvalue weighted by Crippen LogP contribution is 2.19. The molecule has 2 heteroatoms. The number of hydrogen-bond donors (Lipinski definition) is 1. The standard InChI is InChI=1S/C14H16O.C4H8O/c15-11-4-3-7-13-9-5-8-12-6-1-2-10-14(12)13;1-2-4-5-3-1/h1-2,5-6,8-10,15H,3-4,7,11H2;1-4H2. The Kier molecular flexibility index (Phi) is 6.55. The monoisotopic (exact) mass is 272 g/mol. The lowest BCUT2D eigenvalue weighted by molar-refractivity contribution is 0.198. The van der Waals surface area contributed by atoms with E-state index in [2.05, 4.69) is 42.5 Å². The average Bonchev–Trinajstić information content (AvgIpc) is 3.07. The molecule has 0 saturated carbocycles. The molecule has 108 valence electrons. The van der Waals surface area contributed by atoms with Gasteiger partial charge >= 0.3 is 0 Å². The van der Waals surface area contributed by atoms with Gasteiger partial charge in [-0.1, -0.05) is 42.5 Å². The molecule has 0 bridgehead atoms. The van der Waals surface area contributed by atoms with Crippen LogP contribution in [-0.2, 0) is 11.2 Å². The fourth-order valence-electron chi connectivity index (χ4n) is 2.45. The van der Waals surface area contributed by atoms with E-state index in [-0.39, 0.29) is 0 Å². The Bertz CT molecular complexity index is 491. The molecule has 1 saturated heterocycles. The van der Waals surface area contributed by atoms with Crippen LogP contribution in [0.3, 0.4) is 0 Å². The molecule has 0 spiro atoms. The SMILES string of the molecule is C1CCOC1.OCCCCc1cccc2ccccc12. The Morgan fingerprint density at radius 2 is 1.65 bits per heavy atom. The number of unbranched alkanes of at least 4 members (excludes halogenated alkanes) is 1. The summed E-state index contributed by atoms with van der Waals surface area (Å²) in [4.78, 5) is 0. The summed E-state index contributed by atoms with van der Waals surface area (Å²) in [5, 5.41) is 11.4. The van der Waals surface area contributed by atoms with Gasteiger partial charge in [0.2, 0.25) is 0 Å². The van der Waals surface area contributed by atoms with Crippen molar-refractivity contribution in [2.24, 2.45) is 0 Å². The Morgan fingerprint density at radius 3 is 2.35 bits per heavy atom. The maximum absolute atomic E-state index is 8.76. The van der Waals surface area contributed by atoms with Crippen molar-refractivity contribution in [1.82, 2.24) is 0 Å². The molecule has 2 nitrogen and oxygen atoms in total. The van der Waals surface area contributed by atoms with Crippen molar-refractivity contribution in [1.29, 1.82) is 0 Å². The van der Waals surface area contributed by atoms with Gasteiger partial charge in [-0.2, -0.15) is 0 Å². The molecular weight excluding hydrogens is 248 g/mol. The molecule has 20 heavy (non-hydrogen) atoms. The van der Waals surface area contributed by atoms with E-state index in [1.165, 1.54) is 29.2 Å². The number of aliphatic hydroxyl groups is 1. The number of aryl methyl sites for hydroxylation is 1. The van der Waals surface area contributed by atoms with Crippen molar-refractivity contribution in [3.8, 4) is 0 Å². The molecule has 3 rings (SSSR count). The maximum atomic E-state index is 8.76. The summed E-state index contributed by atoms with van der Waals surface area (Å²) in [7, 11) is 0. The van der Waals surface area contributed by atoms with Crippen LogP contribution in [0.25, 0.3) is 10.8 Å². The van der Waals surface area contributed by atoms with Gasteiger partial charge < -0.3 is 9.84 Å². The van der Waals surface area contributed by atoms with E-state index < -0.39 is 0 Å². The number of aliphatic hydroxyl groups excluding tert-OH is 1. The van der Waals surface area contributed by atoms with Gasteiger partial charge in [0.15, 0.2) is 0 Å². The van der Waals surface area contributed by atoms with Gasteiger partial charge in [-0.3, -0.25) is 0 Å². The summed E-state index contributed by atoms with van der Waals surface area (Å²) in [6.45, 7) is 2.30. The highest BCUT2D eigenvalue weighted by molar-refractivity contribution is 5.85. The summed E-state index contributed by atoms with van der Waals surface area (Å²) < 4.78 is 4.94. The average molecular weight is 272 g/mol. The molecule has 2 aromatic rings. The highest BCUT2D eigenvalue weighted by Gasteiger charge is 1.99. The molecule has 2 aromatic carbocycles. The third-order valence-electron chi connectivity index (χ3n) is 3.56. The first-order chi connectivity index (χ1) is 9.92. The van der Waals surface area contributed by atoms with Crippen LogP contribution in [0.5, 0.6) is 0 Å². The van der Waals surface area contributed by atoms with Crippen LogP contribution in [0.15, 0.2) is 42.5 Å². The predicted octanol–water partition coefficient (Wildman–Crippen LogP) is 3.95. The molecule has 1 fully saturated rings. The quantitative estimate of drug-likeness (QED) is 0.854. The molecule has 0 unspecified atom stereocenters. The Labute approximate surface area is 121 Å². The molecule has 1 aliphatic heterocycles. The van der Waals surface area contributed by atoms with Gasteiger partial charge in [-0.05, 0) is 48.4 Å². The zero-order chi connectivity index (χ0) is 14.0. The first-order valence-corrected chi connectivity index (χ1v) is 7.57. The van der Waals surface area contributed by atoms with Crippen molar-refractivity contribution >= 4 is 10.8 Å². The molecule has 1 heterocycles. The van der Waals surface area contributed by atoms with Crippen LogP contribution in [0.1, 0.15) is 31.2 Å². The zero-order valence-electron chi connectivity index (χ0n) is 12.1. The Hall–Kier alpha value is -1.38. The molecule has 0 aliphatic carbocycles. The normalized spacial score (nSPS) is 14.1. The van der Waals surface area contributed by atoms with Crippen LogP contribution in [0.2, 0.25) is 0 Å². The molecule has 1 aliphatic rings. The molecule has 0 atom stereocenters. The highest BCUT2D eigenvalue weighted by atomic mass is 16.5. The number of ether oxygens (including phenoxy) is 1. The minimum atomic E-state index is 0.296. The first kappa shape index (κ1) is 15.0. The topological polar surface area (TPSA) is 29.5 Å².